The van der Waals surface area contributed by atoms with E-state index in [-0.39, 0.29) is 42.2 Å². The molecular weight excluding hydrogens is 491 g/mol. The minimum absolute atomic E-state index is 0.0439. The number of benzene rings is 2. The Morgan fingerprint density at radius 3 is 2.34 bits per heavy atom. The second-order valence-electron chi connectivity index (χ2n) is 7.74. The van der Waals surface area contributed by atoms with Gasteiger partial charge in [0.25, 0.3) is 0 Å². The van der Waals surface area contributed by atoms with Crippen LogP contribution in [-0.4, -0.2) is 41.9 Å². The number of carbonyl (C=O) groups excluding carboxylic acids is 3. The van der Waals surface area contributed by atoms with Gasteiger partial charge in [0.15, 0.2) is 11.8 Å². The largest absolute Gasteiger partial charge is 0.464 e. The highest BCUT2D eigenvalue weighted by molar-refractivity contribution is 6.35. The molecule has 0 spiro atoms. The number of ketones is 1. The maximum absolute atomic E-state index is 13.5. The fraction of sp³-hybridized carbons (Fsp3) is 0.231. The first-order valence-corrected chi connectivity index (χ1v) is 11.7. The number of hydrogen-bond donors (Lipinski definition) is 0. The minimum atomic E-state index is -1.34. The van der Waals surface area contributed by atoms with Crippen molar-refractivity contribution in [1.29, 1.82) is 5.26 Å². The lowest BCUT2D eigenvalue weighted by Gasteiger charge is -2.37. The smallest absolute Gasteiger partial charge is 0.337 e. The highest BCUT2D eigenvalue weighted by atomic mass is 35.5. The van der Waals surface area contributed by atoms with Crippen molar-refractivity contribution in [2.45, 2.75) is 26.4 Å². The summed E-state index contributed by atoms with van der Waals surface area (Å²) in [6, 6.07) is 12.3. The van der Waals surface area contributed by atoms with Crippen molar-refractivity contribution in [3.8, 4) is 6.07 Å². The summed E-state index contributed by atoms with van der Waals surface area (Å²) in [4.78, 5) is 41.5. The van der Waals surface area contributed by atoms with Gasteiger partial charge in [0.2, 0.25) is 0 Å². The summed E-state index contributed by atoms with van der Waals surface area (Å²) in [5.41, 5.74) is 1.48. The first-order valence-electron chi connectivity index (χ1n) is 10.9. The predicted octanol–water partition coefficient (Wildman–Crippen LogP) is 4.73. The highest BCUT2D eigenvalue weighted by Gasteiger charge is 2.49. The van der Waals surface area contributed by atoms with Gasteiger partial charge in [-0.15, -0.1) is 0 Å². The lowest BCUT2D eigenvalue weighted by atomic mass is 9.87. The molecule has 0 aromatic heterocycles. The summed E-state index contributed by atoms with van der Waals surface area (Å²) in [6.45, 7) is 3.31. The Hall–Kier alpha value is -3.60. The van der Waals surface area contributed by atoms with E-state index in [2.05, 4.69) is 6.07 Å². The van der Waals surface area contributed by atoms with E-state index < -0.39 is 23.8 Å². The quantitative estimate of drug-likeness (QED) is 0.518. The van der Waals surface area contributed by atoms with E-state index in [1.165, 1.54) is 11.0 Å². The van der Waals surface area contributed by atoms with Crippen molar-refractivity contribution in [2.24, 2.45) is 0 Å². The molecule has 0 fully saturated rings. The molecule has 4 rings (SSSR count). The van der Waals surface area contributed by atoms with Crippen molar-refractivity contribution >= 4 is 46.5 Å². The third kappa shape index (κ3) is 4.20. The molecule has 1 unspecified atom stereocenters. The van der Waals surface area contributed by atoms with Crippen LogP contribution in [0.25, 0.3) is 5.57 Å². The molecule has 2 aromatic rings. The molecule has 1 aliphatic carbocycles. The van der Waals surface area contributed by atoms with E-state index in [1.54, 1.807) is 50.2 Å². The van der Waals surface area contributed by atoms with Crippen molar-refractivity contribution in [2.75, 3.05) is 13.2 Å². The van der Waals surface area contributed by atoms with Gasteiger partial charge in [0.05, 0.1) is 24.4 Å². The number of nitriles is 1. The molecule has 7 nitrogen and oxygen atoms in total. The number of ether oxygens (including phenoxy) is 2. The standard InChI is InChI=1S/C26H20Cl2N2O5/c1-3-34-25(32)22-20-16-7-5-6-8-17(16)24(31)21(20)19(12-29)30(23(22)26(33)35-4-2)13-14-9-10-15(27)11-18(14)28/h5-11,23H,3-4,13H2,1-2H3. The molecule has 2 aromatic carbocycles. The van der Waals surface area contributed by atoms with E-state index in [9.17, 15) is 19.6 Å². The fourth-order valence-corrected chi connectivity index (χ4v) is 4.83. The zero-order valence-corrected chi connectivity index (χ0v) is 20.4. The Bertz CT molecular complexity index is 1360. The summed E-state index contributed by atoms with van der Waals surface area (Å²) < 4.78 is 10.6. The van der Waals surface area contributed by atoms with Crippen LogP contribution < -0.4 is 0 Å². The third-order valence-electron chi connectivity index (χ3n) is 5.76. The summed E-state index contributed by atoms with van der Waals surface area (Å²) in [5.74, 6) is -1.94. The van der Waals surface area contributed by atoms with Crippen LogP contribution in [-0.2, 0) is 25.6 Å². The van der Waals surface area contributed by atoms with Crippen LogP contribution >= 0.6 is 23.2 Å². The van der Waals surface area contributed by atoms with E-state index in [1.807, 2.05) is 0 Å². The number of halogens is 2. The molecule has 35 heavy (non-hydrogen) atoms. The molecule has 0 saturated carbocycles. The number of hydrogen-bond acceptors (Lipinski definition) is 7. The molecule has 9 heteroatoms. The zero-order chi connectivity index (χ0) is 25.3. The number of Topliss-reactive ketones (excluding diaryl/α,β-unsaturated/α-hetero) is 1. The van der Waals surface area contributed by atoms with Crippen LogP contribution in [0.2, 0.25) is 10.0 Å². The average Bonchev–Trinajstić information content (AvgIpc) is 3.12. The Balaban J connectivity index is 2.02. The van der Waals surface area contributed by atoms with Crippen molar-refractivity contribution in [3.63, 3.8) is 0 Å². The van der Waals surface area contributed by atoms with Crippen LogP contribution in [0.5, 0.6) is 0 Å². The number of allylic oxidation sites excluding steroid dienone is 3. The van der Waals surface area contributed by atoms with Gasteiger partial charge in [-0.1, -0.05) is 53.5 Å². The van der Waals surface area contributed by atoms with Crippen LogP contribution in [0.1, 0.15) is 35.3 Å². The average molecular weight is 511 g/mol. The molecule has 1 atom stereocenters. The monoisotopic (exact) mass is 510 g/mol. The van der Waals surface area contributed by atoms with Gasteiger partial charge in [-0.3, -0.25) is 4.79 Å². The maximum Gasteiger partial charge on any atom is 0.337 e. The molecule has 0 bridgehead atoms. The van der Waals surface area contributed by atoms with Gasteiger partial charge in [-0.25, -0.2) is 9.59 Å². The van der Waals surface area contributed by atoms with Crippen molar-refractivity contribution < 1.29 is 23.9 Å². The van der Waals surface area contributed by atoms with Crippen LogP contribution in [0, 0.1) is 11.3 Å². The Morgan fingerprint density at radius 1 is 1.03 bits per heavy atom. The molecule has 178 valence electrons. The van der Waals surface area contributed by atoms with Gasteiger partial charge >= 0.3 is 11.9 Å². The van der Waals surface area contributed by atoms with E-state index in [0.29, 0.717) is 26.7 Å². The topological polar surface area (TPSA) is 96.7 Å². The normalized spacial score (nSPS) is 16.6. The third-order valence-corrected chi connectivity index (χ3v) is 6.35. The molecule has 0 amide bonds. The minimum Gasteiger partial charge on any atom is -0.464 e. The second kappa shape index (κ2) is 9.95. The summed E-state index contributed by atoms with van der Waals surface area (Å²) in [7, 11) is 0. The molecule has 1 heterocycles. The Morgan fingerprint density at radius 2 is 1.71 bits per heavy atom. The number of carbonyl (C=O) groups is 3. The molecule has 0 saturated heterocycles. The number of esters is 2. The Labute approximate surface area is 212 Å². The van der Waals surface area contributed by atoms with Crippen molar-refractivity contribution in [3.05, 3.63) is 86.0 Å². The molecule has 2 aliphatic rings. The van der Waals surface area contributed by atoms with Gasteiger partial charge in [-0.2, -0.15) is 5.26 Å². The highest BCUT2D eigenvalue weighted by Crippen LogP contribution is 2.47. The van der Waals surface area contributed by atoms with Gasteiger partial charge in [-0.05, 0) is 37.1 Å². The van der Waals surface area contributed by atoms with E-state index in [4.69, 9.17) is 32.7 Å². The summed E-state index contributed by atoms with van der Waals surface area (Å²) in [6.07, 6.45) is 0. The van der Waals surface area contributed by atoms with Crippen LogP contribution in [0.15, 0.2) is 59.3 Å². The SMILES string of the molecule is CCOC(=O)C1=C2C(=C(C#N)N(Cc3ccc(Cl)cc3Cl)C1C(=O)OCC)C(=O)c1ccccc12. The molecule has 0 radical (unpaired) electrons. The Kier molecular flexibility index (Phi) is 6.97. The van der Waals surface area contributed by atoms with Crippen molar-refractivity contribution in [1.82, 2.24) is 4.90 Å². The van der Waals surface area contributed by atoms with Gasteiger partial charge in [0, 0.05) is 27.7 Å². The lowest BCUT2D eigenvalue weighted by Crippen LogP contribution is -2.47. The maximum atomic E-state index is 13.5. The summed E-state index contributed by atoms with van der Waals surface area (Å²) in [5, 5.41) is 10.9. The van der Waals surface area contributed by atoms with Crippen LogP contribution in [0.4, 0.5) is 0 Å². The van der Waals surface area contributed by atoms with E-state index >= 15 is 0 Å². The first kappa shape index (κ1) is 24.5. The fourth-order valence-electron chi connectivity index (χ4n) is 4.37. The lowest BCUT2D eigenvalue weighted by molar-refractivity contribution is -0.151. The number of fused-ring (bicyclic) bond motifs is 3. The predicted molar refractivity (Wildman–Crippen MR) is 129 cm³/mol. The number of nitrogens with zero attached hydrogens (tertiary/aromatic N) is 2. The van der Waals surface area contributed by atoms with Gasteiger partial charge < -0.3 is 14.4 Å². The molecule has 0 N–H and O–H groups in total. The molecule has 1 aliphatic heterocycles. The number of rotatable bonds is 6. The first-order chi connectivity index (χ1) is 16.8. The molecular formula is C26H20Cl2N2O5. The van der Waals surface area contributed by atoms with Crippen LogP contribution in [0.3, 0.4) is 0 Å². The summed E-state index contributed by atoms with van der Waals surface area (Å²) >= 11 is 12.4. The second-order valence-corrected chi connectivity index (χ2v) is 8.58. The van der Waals surface area contributed by atoms with Gasteiger partial charge in [0.1, 0.15) is 11.8 Å². The zero-order valence-electron chi connectivity index (χ0n) is 18.9. The van der Waals surface area contributed by atoms with E-state index in [0.717, 1.165) is 0 Å².